The lowest BCUT2D eigenvalue weighted by Gasteiger charge is -2.21. The van der Waals surface area contributed by atoms with Crippen molar-refractivity contribution in [3.8, 4) is 0 Å². The first kappa shape index (κ1) is 73.1. The summed E-state index contributed by atoms with van der Waals surface area (Å²) >= 11 is 0. The van der Waals surface area contributed by atoms with Crippen LogP contribution in [0.1, 0.15) is 264 Å². The van der Waals surface area contributed by atoms with Gasteiger partial charge in [0.1, 0.15) is 19.3 Å². The SMILES string of the molecule is [CH2-]CCCCCCCC(=O)O[C@H](COC(=O)CCCCCCCCCCC)COP(=O)(O)OC[C@H](O)COP(=O)(O)OC[C@@H](COC(=O)CCCCCC[CH2-])OC(=O)CCCCCCCCCCCCCCCCC. The van der Waals surface area contributed by atoms with Crippen LogP contribution in [0.3, 0.4) is 0 Å². The van der Waals surface area contributed by atoms with E-state index in [2.05, 4.69) is 27.7 Å². The molecule has 0 aromatic rings. The fourth-order valence-corrected chi connectivity index (χ4v) is 9.65. The van der Waals surface area contributed by atoms with Crippen LogP contribution in [0.2, 0.25) is 0 Å². The average molecular weight is 1110 g/mol. The lowest BCUT2D eigenvalue weighted by atomic mass is 10.0. The Labute approximate surface area is 454 Å². The molecule has 0 aliphatic carbocycles. The van der Waals surface area contributed by atoms with Gasteiger partial charge in [0.15, 0.2) is 12.2 Å². The van der Waals surface area contributed by atoms with E-state index in [1.54, 1.807) is 0 Å². The van der Waals surface area contributed by atoms with E-state index in [1.165, 1.54) is 96.3 Å². The summed E-state index contributed by atoms with van der Waals surface area (Å²) in [5.41, 5.74) is 0. The van der Waals surface area contributed by atoms with Crippen LogP contribution in [0.5, 0.6) is 0 Å². The number of hydrogen-bond donors (Lipinski definition) is 3. The highest BCUT2D eigenvalue weighted by Crippen LogP contribution is 2.45. The van der Waals surface area contributed by atoms with Crippen molar-refractivity contribution in [1.82, 2.24) is 0 Å². The Morgan fingerprint density at radius 2 is 0.600 bits per heavy atom. The van der Waals surface area contributed by atoms with Gasteiger partial charge < -0.3 is 47.7 Å². The number of ether oxygens (including phenoxy) is 4. The first-order valence-electron chi connectivity index (χ1n) is 29.4. The second-order valence-corrected chi connectivity index (χ2v) is 22.9. The van der Waals surface area contributed by atoms with Crippen molar-refractivity contribution in [2.75, 3.05) is 39.6 Å². The maximum Gasteiger partial charge on any atom is 0.472 e. The van der Waals surface area contributed by atoms with Crippen molar-refractivity contribution in [3.05, 3.63) is 13.8 Å². The lowest BCUT2D eigenvalue weighted by Crippen LogP contribution is -2.30. The minimum Gasteiger partial charge on any atom is -0.462 e. The van der Waals surface area contributed by atoms with E-state index in [4.69, 9.17) is 37.0 Å². The van der Waals surface area contributed by atoms with Crippen molar-refractivity contribution in [3.63, 3.8) is 0 Å². The minimum absolute atomic E-state index is 0.0851. The van der Waals surface area contributed by atoms with E-state index in [1.807, 2.05) is 0 Å². The first-order chi connectivity index (χ1) is 36.2. The molecule has 3 N–H and O–H groups in total. The van der Waals surface area contributed by atoms with Gasteiger partial charge in [0.05, 0.1) is 26.4 Å². The fraction of sp³-hybridized carbons (Fsp3) is 0.893. The van der Waals surface area contributed by atoms with Crippen LogP contribution in [0.15, 0.2) is 0 Å². The lowest BCUT2D eigenvalue weighted by molar-refractivity contribution is -0.161. The van der Waals surface area contributed by atoms with Crippen molar-refractivity contribution < 1.29 is 80.2 Å². The maximum atomic E-state index is 12.8. The smallest absolute Gasteiger partial charge is 0.462 e. The van der Waals surface area contributed by atoms with Gasteiger partial charge >= 0.3 is 39.5 Å². The quantitative estimate of drug-likeness (QED) is 0.0169. The topological polar surface area (TPSA) is 237 Å². The van der Waals surface area contributed by atoms with Crippen molar-refractivity contribution in [2.45, 2.75) is 283 Å². The Bertz CT molecular complexity index is 1470. The van der Waals surface area contributed by atoms with Gasteiger partial charge in [0, 0.05) is 25.7 Å². The van der Waals surface area contributed by atoms with E-state index in [9.17, 15) is 43.2 Å². The number of carbonyl (C=O) groups excluding carboxylic acids is 4. The van der Waals surface area contributed by atoms with Gasteiger partial charge in [-0.25, -0.2) is 9.13 Å². The monoisotopic (exact) mass is 1110 g/mol. The molecule has 0 aromatic heterocycles. The Morgan fingerprint density at radius 3 is 0.880 bits per heavy atom. The number of aliphatic hydroxyl groups excluding tert-OH is 1. The van der Waals surface area contributed by atoms with E-state index in [0.29, 0.717) is 25.7 Å². The molecule has 5 atom stereocenters. The zero-order valence-electron chi connectivity index (χ0n) is 46.9. The molecular weight excluding hydrogens is 1010 g/mol. The number of unbranched alkanes of at least 4 members (excludes halogenated alkanes) is 31. The molecule has 17 nitrogen and oxygen atoms in total. The molecule has 0 aliphatic rings. The van der Waals surface area contributed by atoms with Crippen LogP contribution in [0.25, 0.3) is 0 Å². The van der Waals surface area contributed by atoms with Gasteiger partial charge in [-0.2, -0.15) is 12.8 Å². The maximum absolute atomic E-state index is 12.8. The van der Waals surface area contributed by atoms with Crippen LogP contribution < -0.4 is 0 Å². The molecular formula is C56H106O17P2-2. The van der Waals surface area contributed by atoms with Crippen LogP contribution in [0.4, 0.5) is 0 Å². The number of phosphoric ester groups is 2. The molecule has 19 heteroatoms. The van der Waals surface area contributed by atoms with Crippen molar-refractivity contribution in [2.24, 2.45) is 0 Å². The second-order valence-electron chi connectivity index (χ2n) is 20.0. The molecule has 0 amide bonds. The molecule has 0 aliphatic heterocycles. The zero-order chi connectivity index (χ0) is 55.5. The molecule has 0 rings (SSSR count). The zero-order valence-corrected chi connectivity index (χ0v) is 48.7. The number of carbonyl (C=O) groups is 4. The number of esters is 4. The van der Waals surface area contributed by atoms with Crippen LogP contribution in [0, 0.1) is 13.8 Å². The summed E-state index contributed by atoms with van der Waals surface area (Å²) in [6.07, 6.45) is 32.9. The molecule has 0 bridgehead atoms. The number of phosphoric acid groups is 2. The summed E-state index contributed by atoms with van der Waals surface area (Å²) in [6, 6.07) is 0. The van der Waals surface area contributed by atoms with Gasteiger partial charge in [0.2, 0.25) is 0 Å². The van der Waals surface area contributed by atoms with Gasteiger partial charge in [-0.1, -0.05) is 200 Å². The van der Waals surface area contributed by atoms with Gasteiger partial charge in [-0.3, -0.25) is 37.3 Å². The Hall–Kier alpha value is -1.94. The van der Waals surface area contributed by atoms with Crippen LogP contribution in [-0.2, 0) is 65.4 Å². The third kappa shape index (κ3) is 51.3. The Kier molecular flexibility index (Phi) is 50.2. The molecule has 0 spiro atoms. The molecule has 0 aromatic carbocycles. The predicted molar refractivity (Wildman–Crippen MR) is 293 cm³/mol. The number of rotatable bonds is 57. The normalized spacial score (nSPS) is 14.4. The molecule has 0 radical (unpaired) electrons. The Balaban J connectivity index is 5.07. The molecule has 0 heterocycles. The summed E-state index contributed by atoms with van der Waals surface area (Å²) in [5.74, 6) is -2.21. The minimum atomic E-state index is -4.93. The van der Waals surface area contributed by atoms with Crippen LogP contribution in [-0.4, -0.2) is 96.7 Å². The summed E-state index contributed by atoms with van der Waals surface area (Å²) in [5, 5.41) is 10.4. The average Bonchev–Trinajstić information content (AvgIpc) is 3.38. The van der Waals surface area contributed by atoms with Gasteiger partial charge in [-0.15, -0.1) is 0 Å². The first-order valence-corrected chi connectivity index (χ1v) is 32.4. The largest absolute Gasteiger partial charge is 0.472 e. The standard InChI is InChI=1S/C56H106O17P2/c1-5-9-13-17-20-22-23-24-25-26-27-29-31-35-39-43-56(61)73-51(46-66-53(58)40-36-32-16-12-8-4)48-70-74(62,63)68-44-50(57)45-69-75(64,65)71-49-52(72-55(60)42-38-33-19-15-11-7-3)47-67-54(59)41-37-34-30-28-21-18-14-10-6-2/h50-52,57H,3-49H2,1-2H3,(H,62,63)(H,64,65)/q-2/t50-,51-,52-/m1/s1. The summed E-state index contributed by atoms with van der Waals surface area (Å²) in [6.45, 7) is 8.05. The molecule has 444 valence electrons. The number of hydrogen-bond acceptors (Lipinski definition) is 15. The summed E-state index contributed by atoms with van der Waals surface area (Å²) in [7, 11) is -9.87. The molecule has 2 unspecified atom stereocenters. The highest BCUT2D eigenvalue weighted by Gasteiger charge is 2.30. The number of aliphatic hydroxyl groups is 1. The third-order valence-corrected chi connectivity index (χ3v) is 14.5. The molecule has 0 fully saturated rings. The summed E-state index contributed by atoms with van der Waals surface area (Å²) < 4.78 is 67.2. The third-order valence-electron chi connectivity index (χ3n) is 12.6. The van der Waals surface area contributed by atoms with Crippen molar-refractivity contribution in [1.29, 1.82) is 0 Å². The van der Waals surface area contributed by atoms with Crippen molar-refractivity contribution >= 4 is 39.5 Å². The molecule has 0 saturated carbocycles. The fourth-order valence-electron chi connectivity index (χ4n) is 8.07. The predicted octanol–water partition coefficient (Wildman–Crippen LogP) is 14.4. The Morgan fingerprint density at radius 1 is 0.360 bits per heavy atom. The van der Waals surface area contributed by atoms with E-state index >= 15 is 0 Å². The van der Waals surface area contributed by atoms with E-state index in [0.717, 1.165) is 103 Å². The second kappa shape index (κ2) is 51.5. The highest BCUT2D eigenvalue weighted by molar-refractivity contribution is 7.47. The molecule has 75 heavy (non-hydrogen) atoms. The van der Waals surface area contributed by atoms with E-state index < -0.39 is 97.5 Å². The van der Waals surface area contributed by atoms with Gasteiger partial charge in [0.25, 0.3) is 0 Å². The van der Waals surface area contributed by atoms with Gasteiger partial charge in [-0.05, 0) is 25.7 Å². The summed E-state index contributed by atoms with van der Waals surface area (Å²) in [4.78, 5) is 71.3. The van der Waals surface area contributed by atoms with Crippen LogP contribution >= 0.6 is 15.6 Å². The highest BCUT2D eigenvalue weighted by atomic mass is 31.2. The molecule has 0 saturated heterocycles. The van der Waals surface area contributed by atoms with E-state index in [-0.39, 0.29) is 25.7 Å².